The summed E-state index contributed by atoms with van der Waals surface area (Å²) in [5, 5.41) is 2.91. The Hall–Kier alpha value is -2.30. The molecule has 0 aliphatic carbocycles. The largest absolute Gasteiger partial charge is 0.502 e. The van der Waals surface area contributed by atoms with Crippen molar-refractivity contribution < 1.29 is 20.5 Å². The summed E-state index contributed by atoms with van der Waals surface area (Å²) < 4.78 is 10.3. The second kappa shape index (κ2) is 13.8. The van der Waals surface area contributed by atoms with Gasteiger partial charge in [0.15, 0.2) is 5.78 Å². The number of amides is 1. The highest BCUT2D eigenvalue weighted by molar-refractivity contribution is 5.98. The minimum absolute atomic E-state index is 0. The van der Waals surface area contributed by atoms with Crippen LogP contribution in [0.3, 0.4) is 0 Å². The molecule has 1 aromatic rings. The summed E-state index contributed by atoms with van der Waals surface area (Å²) in [4.78, 5) is 23.3. The van der Waals surface area contributed by atoms with Crippen LogP contribution in [0.25, 0.3) is 0 Å². The molecule has 1 rings (SSSR count). The number of para-hydroxylation sites is 1. The third kappa shape index (κ3) is 9.64. The number of methoxy groups -OCH3 is 1. The van der Waals surface area contributed by atoms with Crippen LogP contribution in [0.4, 0.5) is 0 Å². The van der Waals surface area contributed by atoms with Crippen molar-refractivity contribution in [2.75, 3.05) is 20.3 Å². The molecule has 5 nitrogen and oxygen atoms in total. The lowest BCUT2D eigenvalue weighted by Gasteiger charge is -2.29. The van der Waals surface area contributed by atoms with Gasteiger partial charge in [0.05, 0.1) is 25.0 Å². The minimum Gasteiger partial charge on any atom is -0.502 e. The van der Waals surface area contributed by atoms with E-state index in [1.54, 1.807) is 13.2 Å². The number of hydrogen-bond donors (Lipinski definition) is 1. The Bertz CT molecular complexity index is 658. The maximum absolute atomic E-state index is 11.8. The second-order valence-corrected chi connectivity index (χ2v) is 7.55. The first-order valence-electron chi connectivity index (χ1n) is 10.4. The standard InChI is InChI=1S/C13H25NO2.C11H14O2.H2/c1-7-13(4,5)11(3)12(15)14-9-8-10(2)16-6;1-3-10(12)9-7-5-6-8-11(9)13-4-2;/h11H,2,7-9H2,1,3-6H3,(H,14,15);5-8H,3-4H2,1-2H3;1H/t11-;;/m0../s1. The summed E-state index contributed by atoms with van der Waals surface area (Å²) >= 11 is 0. The van der Waals surface area contributed by atoms with Gasteiger partial charge in [0.1, 0.15) is 5.75 Å². The quantitative estimate of drug-likeness (QED) is 0.380. The van der Waals surface area contributed by atoms with Gasteiger partial charge < -0.3 is 14.8 Å². The predicted octanol–water partition coefficient (Wildman–Crippen LogP) is 5.65. The number of ether oxygens (including phenoxy) is 2. The molecule has 0 aliphatic rings. The van der Waals surface area contributed by atoms with E-state index in [1.807, 2.05) is 39.0 Å². The van der Waals surface area contributed by atoms with Gasteiger partial charge in [-0.3, -0.25) is 9.59 Å². The summed E-state index contributed by atoms with van der Waals surface area (Å²) in [6.07, 6.45) is 2.18. The van der Waals surface area contributed by atoms with E-state index in [4.69, 9.17) is 9.47 Å². The topological polar surface area (TPSA) is 64.6 Å². The first-order chi connectivity index (χ1) is 13.6. The Kier molecular flexibility index (Phi) is 12.7. The van der Waals surface area contributed by atoms with Crippen LogP contribution in [0.15, 0.2) is 36.6 Å². The average Bonchev–Trinajstić information content (AvgIpc) is 2.73. The Balaban J connectivity index is 0. The molecular weight excluding hydrogens is 366 g/mol. The molecular formula is C24H41NO4. The van der Waals surface area contributed by atoms with E-state index in [1.165, 1.54) is 0 Å². The van der Waals surface area contributed by atoms with Crippen molar-refractivity contribution >= 4 is 11.7 Å². The smallest absolute Gasteiger partial charge is 0.223 e. The van der Waals surface area contributed by atoms with Crippen LogP contribution in [-0.4, -0.2) is 32.0 Å². The molecule has 0 bridgehead atoms. The highest BCUT2D eigenvalue weighted by atomic mass is 16.5. The number of carbonyl (C=O) groups excluding carboxylic acids is 2. The number of nitrogens with one attached hydrogen (secondary N) is 1. The van der Waals surface area contributed by atoms with E-state index in [9.17, 15) is 9.59 Å². The van der Waals surface area contributed by atoms with Crippen LogP contribution in [0.5, 0.6) is 5.75 Å². The van der Waals surface area contributed by atoms with E-state index in [0.29, 0.717) is 43.1 Å². The molecule has 0 unspecified atom stereocenters. The third-order valence-corrected chi connectivity index (χ3v) is 5.28. The van der Waals surface area contributed by atoms with E-state index in [-0.39, 0.29) is 24.4 Å². The molecule has 0 radical (unpaired) electrons. The SMILES string of the molecule is C=C(CCNC(=O)[C@H](C)C(C)(C)CC)OC.CCOc1ccccc1C(=O)CC.[HH]. The minimum atomic E-state index is 0. The lowest BCUT2D eigenvalue weighted by Crippen LogP contribution is -2.37. The fourth-order valence-electron chi connectivity index (χ4n) is 2.41. The van der Waals surface area contributed by atoms with Gasteiger partial charge in [0.2, 0.25) is 5.91 Å². The van der Waals surface area contributed by atoms with Gasteiger partial charge in [0.25, 0.3) is 0 Å². The van der Waals surface area contributed by atoms with Crippen LogP contribution in [0, 0.1) is 11.3 Å². The molecule has 0 saturated carbocycles. The van der Waals surface area contributed by atoms with Gasteiger partial charge >= 0.3 is 0 Å². The maximum Gasteiger partial charge on any atom is 0.223 e. The van der Waals surface area contributed by atoms with Crippen molar-refractivity contribution in [2.45, 2.75) is 60.8 Å². The molecule has 0 saturated heterocycles. The summed E-state index contributed by atoms with van der Waals surface area (Å²) in [5.74, 6) is 1.65. The first-order valence-corrected chi connectivity index (χ1v) is 10.4. The monoisotopic (exact) mass is 407 g/mol. The van der Waals surface area contributed by atoms with Crippen molar-refractivity contribution in [2.24, 2.45) is 11.3 Å². The Morgan fingerprint density at radius 2 is 1.83 bits per heavy atom. The average molecular weight is 408 g/mol. The van der Waals surface area contributed by atoms with E-state index < -0.39 is 0 Å². The first kappa shape index (κ1) is 26.7. The van der Waals surface area contributed by atoms with Crippen molar-refractivity contribution in [3.8, 4) is 5.75 Å². The summed E-state index contributed by atoms with van der Waals surface area (Å²) in [6, 6.07) is 7.35. The highest BCUT2D eigenvalue weighted by Gasteiger charge is 2.29. The fraction of sp³-hybridized carbons (Fsp3) is 0.583. The van der Waals surface area contributed by atoms with Crippen molar-refractivity contribution in [1.29, 1.82) is 0 Å². The maximum atomic E-state index is 11.8. The van der Waals surface area contributed by atoms with Crippen LogP contribution < -0.4 is 10.1 Å². The van der Waals surface area contributed by atoms with E-state index in [0.717, 1.165) is 6.42 Å². The molecule has 0 spiro atoms. The van der Waals surface area contributed by atoms with Gasteiger partial charge in [-0.15, -0.1) is 0 Å². The van der Waals surface area contributed by atoms with Crippen LogP contribution in [-0.2, 0) is 9.53 Å². The van der Waals surface area contributed by atoms with Crippen molar-refractivity contribution in [1.82, 2.24) is 5.32 Å². The molecule has 29 heavy (non-hydrogen) atoms. The number of rotatable bonds is 11. The zero-order valence-corrected chi connectivity index (χ0v) is 19.3. The number of benzene rings is 1. The molecule has 166 valence electrons. The lowest BCUT2D eigenvalue weighted by molar-refractivity contribution is -0.127. The Morgan fingerprint density at radius 3 is 2.34 bits per heavy atom. The van der Waals surface area contributed by atoms with Crippen molar-refractivity contribution in [3.63, 3.8) is 0 Å². The molecule has 0 heterocycles. The van der Waals surface area contributed by atoms with Crippen LogP contribution >= 0.6 is 0 Å². The summed E-state index contributed by atoms with van der Waals surface area (Å²) in [6.45, 7) is 17.0. The molecule has 1 N–H and O–H groups in total. The lowest BCUT2D eigenvalue weighted by atomic mass is 9.77. The molecule has 1 amide bonds. The van der Waals surface area contributed by atoms with E-state index in [2.05, 4.69) is 32.7 Å². The Morgan fingerprint density at radius 1 is 1.21 bits per heavy atom. The summed E-state index contributed by atoms with van der Waals surface area (Å²) in [5.41, 5.74) is 0.731. The van der Waals surface area contributed by atoms with Crippen LogP contribution in [0.1, 0.15) is 72.6 Å². The van der Waals surface area contributed by atoms with Gasteiger partial charge in [-0.2, -0.15) is 0 Å². The number of hydrogen-bond acceptors (Lipinski definition) is 4. The second-order valence-electron chi connectivity index (χ2n) is 7.55. The number of ketones is 1. The van der Waals surface area contributed by atoms with Gasteiger partial charge in [-0.1, -0.05) is 59.8 Å². The number of carbonyl (C=O) groups is 2. The number of Topliss-reactive ketones (excluding diaryl/α,β-unsaturated/α-hetero) is 1. The van der Waals surface area contributed by atoms with Gasteiger partial charge in [-0.05, 0) is 24.5 Å². The van der Waals surface area contributed by atoms with Gasteiger partial charge in [0, 0.05) is 26.7 Å². The van der Waals surface area contributed by atoms with Crippen molar-refractivity contribution in [3.05, 3.63) is 42.2 Å². The fourth-order valence-corrected chi connectivity index (χ4v) is 2.41. The predicted molar refractivity (Wildman–Crippen MR) is 121 cm³/mol. The highest BCUT2D eigenvalue weighted by Crippen LogP contribution is 2.30. The Labute approximate surface area is 178 Å². The molecule has 1 atom stereocenters. The molecule has 0 aromatic heterocycles. The molecule has 0 fully saturated rings. The zero-order chi connectivity index (χ0) is 22.4. The third-order valence-electron chi connectivity index (χ3n) is 5.28. The van der Waals surface area contributed by atoms with Gasteiger partial charge in [-0.25, -0.2) is 0 Å². The van der Waals surface area contributed by atoms with Crippen LogP contribution in [0.2, 0.25) is 0 Å². The summed E-state index contributed by atoms with van der Waals surface area (Å²) in [7, 11) is 1.59. The zero-order valence-electron chi connectivity index (χ0n) is 19.3. The molecule has 1 aromatic carbocycles. The molecule has 0 aliphatic heterocycles. The molecule has 5 heteroatoms. The normalized spacial score (nSPS) is 11.6. The van der Waals surface area contributed by atoms with E-state index >= 15 is 0 Å².